The zero-order valence-electron chi connectivity index (χ0n) is 12.8. The van der Waals surface area contributed by atoms with E-state index < -0.39 is 5.91 Å². The Bertz CT molecular complexity index is 959. The van der Waals surface area contributed by atoms with Gasteiger partial charge in [-0.3, -0.25) is 9.59 Å². The number of carbonyl (C=O) groups excluding carboxylic acids is 2. The molecule has 0 unspecified atom stereocenters. The third-order valence-corrected chi connectivity index (χ3v) is 3.33. The molecule has 0 bridgehead atoms. The van der Waals surface area contributed by atoms with Crippen molar-refractivity contribution in [2.24, 2.45) is 10.2 Å². The quantitative estimate of drug-likeness (QED) is 0.639. The average molecular weight is 322 g/mol. The first-order valence-electron chi connectivity index (χ1n) is 7.18. The maximum Gasteiger partial charge on any atom is 0.295 e. The molecule has 3 aromatic rings. The number of azo groups is 1. The van der Waals surface area contributed by atoms with Crippen LogP contribution in [0.15, 0.2) is 58.8 Å². The summed E-state index contributed by atoms with van der Waals surface area (Å²) in [4.78, 5) is 26.0. The molecule has 0 radical (unpaired) electrons. The van der Waals surface area contributed by atoms with Crippen molar-refractivity contribution in [3.63, 3.8) is 0 Å². The van der Waals surface area contributed by atoms with Crippen LogP contribution < -0.4 is 5.32 Å². The van der Waals surface area contributed by atoms with Crippen LogP contribution in [0.2, 0.25) is 0 Å². The van der Waals surface area contributed by atoms with Gasteiger partial charge in [0, 0.05) is 23.6 Å². The number of aromatic amines is 1. The van der Waals surface area contributed by atoms with E-state index in [0.717, 1.165) is 0 Å². The first kappa shape index (κ1) is 15.4. The first-order chi connectivity index (χ1) is 11.5. The van der Waals surface area contributed by atoms with Gasteiger partial charge in [-0.25, -0.2) is 0 Å². The molecule has 3 rings (SSSR count). The zero-order valence-corrected chi connectivity index (χ0v) is 12.8. The number of aromatic hydroxyl groups is 1. The molecule has 0 aliphatic rings. The number of nitrogens with one attached hydrogen (secondary N) is 2. The normalized spacial score (nSPS) is 11.0. The smallest absolute Gasteiger partial charge is 0.295 e. The van der Waals surface area contributed by atoms with Gasteiger partial charge in [0.2, 0.25) is 11.8 Å². The standard InChI is InChI=1S/C17H14N4O3/c1-10(22)18-12-6-4-5-11(9-12)16(23)21-20-15-13-7-2-3-8-14(13)19-17(15)24/h2-9,19,24H,1H3,(H,18,22). The maximum atomic E-state index is 12.2. The van der Waals surface area contributed by atoms with Crippen molar-refractivity contribution in [3.8, 4) is 5.88 Å². The maximum absolute atomic E-state index is 12.2. The van der Waals surface area contributed by atoms with Gasteiger partial charge in [0.15, 0.2) is 5.69 Å². The van der Waals surface area contributed by atoms with Crippen molar-refractivity contribution < 1.29 is 14.7 Å². The fourth-order valence-corrected chi connectivity index (χ4v) is 2.30. The molecule has 1 aromatic heterocycles. The van der Waals surface area contributed by atoms with Gasteiger partial charge in [-0.2, -0.15) is 0 Å². The Morgan fingerprint density at radius 3 is 2.71 bits per heavy atom. The molecule has 7 heteroatoms. The number of fused-ring (bicyclic) bond motifs is 1. The van der Waals surface area contributed by atoms with Crippen LogP contribution in [0, 0.1) is 0 Å². The van der Waals surface area contributed by atoms with Crippen molar-refractivity contribution in [1.29, 1.82) is 0 Å². The van der Waals surface area contributed by atoms with Gasteiger partial charge in [0.25, 0.3) is 5.91 Å². The number of H-pyrrole nitrogens is 1. The fraction of sp³-hybridized carbons (Fsp3) is 0.0588. The number of aromatic nitrogens is 1. The lowest BCUT2D eigenvalue weighted by Crippen LogP contribution is -2.06. The molecule has 0 fully saturated rings. The van der Waals surface area contributed by atoms with Crippen LogP contribution in [0.1, 0.15) is 17.3 Å². The van der Waals surface area contributed by atoms with E-state index in [1.54, 1.807) is 36.4 Å². The van der Waals surface area contributed by atoms with Crippen LogP contribution in [0.5, 0.6) is 5.88 Å². The van der Waals surface area contributed by atoms with Crippen LogP contribution in [0.3, 0.4) is 0 Å². The van der Waals surface area contributed by atoms with Crippen molar-refractivity contribution in [2.45, 2.75) is 6.92 Å². The summed E-state index contributed by atoms with van der Waals surface area (Å²) in [6, 6.07) is 13.6. The minimum absolute atomic E-state index is 0.153. The second-order valence-corrected chi connectivity index (χ2v) is 5.13. The number of carbonyl (C=O) groups is 2. The number of nitrogens with zero attached hydrogens (tertiary/aromatic N) is 2. The number of para-hydroxylation sites is 1. The summed E-state index contributed by atoms with van der Waals surface area (Å²) in [6.45, 7) is 1.38. The molecule has 2 amide bonds. The zero-order chi connectivity index (χ0) is 17.1. The molecule has 7 nitrogen and oxygen atoms in total. The molecule has 1 heterocycles. The first-order valence-corrected chi connectivity index (χ1v) is 7.18. The Hall–Kier alpha value is -3.48. The molecule has 0 aliphatic carbocycles. The summed E-state index contributed by atoms with van der Waals surface area (Å²) >= 11 is 0. The minimum atomic E-state index is -0.577. The molecule has 0 spiro atoms. The summed E-state index contributed by atoms with van der Waals surface area (Å²) in [6.07, 6.45) is 0. The number of rotatable bonds is 3. The third kappa shape index (κ3) is 3.14. The third-order valence-electron chi connectivity index (χ3n) is 3.33. The van der Waals surface area contributed by atoms with E-state index in [1.807, 2.05) is 6.07 Å². The van der Waals surface area contributed by atoms with E-state index in [4.69, 9.17) is 0 Å². The predicted molar refractivity (Wildman–Crippen MR) is 89.6 cm³/mol. The Morgan fingerprint density at radius 2 is 1.92 bits per heavy atom. The van der Waals surface area contributed by atoms with Gasteiger partial charge < -0.3 is 15.4 Å². The highest BCUT2D eigenvalue weighted by Gasteiger charge is 2.11. The number of amides is 2. The topological polar surface area (TPSA) is 107 Å². The number of anilines is 1. The Balaban J connectivity index is 1.87. The SMILES string of the molecule is CC(=O)Nc1cccc(C(=O)N=Nc2c(O)[nH]c3ccccc23)c1. The van der Waals surface area contributed by atoms with Crippen molar-refractivity contribution >= 4 is 34.1 Å². The van der Waals surface area contributed by atoms with Crippen molar-refractivity contribution in [3.05, 3.63) is 54.1 Å². The highest BCUT2D eigenvalue weighted by Crippen LogP contribution is 2.35. The Morgan fingerprint density at radius 1 is 1.12 bits per heavy atom. The van der Waals surface area contributed by atoms with Crippen LogP contribution in [-0.4, -0.2) is 21.9 Å². The van der Waals surface area contributed by atoms with Gasteiger partial charge in [0.1, 0.15) is 0 Å². The summed E-state index contributed by atoms with van der Waals surface area (Å²) in [5.41, 5.74) is 1.68. The average Bonchev–Trinajstić information content (AvgIpc) is 2.87. The van der Waals surface area contributed by atoms with Gasteiger partial charge in [0.05, 0.1) is 5.52 Å². The number of benzene rings is 2. The van der Waals surface area contributed by atoms with E-state index in [0.29, 0.717) is 16.6 Å². The van der Waals surface area contributed by atoms with Gasteiger partial charge in [-0.1, -0.05) is 24.3 Å². The predicted octanol–water partition coefficient (Wildman–Crippen LogP) is 3.76. The lowest BCUT2D eigenvalue weighted by molar-refractivity contribution is -0.114. The molecule has 2 aromatic carbocycles. The fourth-order valence-electron chi connectivity index (χ4n) is 2.30. The summed E-state index contributed by atoms with van der Waals surface area (Å²) < 4.78 is 0. The lowest BCUT2D eigenvalue weighted by atomic mass is 10.2. The molecular weight excluding hydrogens is 308 g/mol. The molecule has 0 saturated carbocycles. The van der Waals surface area contributed by atoms with E-state index in [9.17, 15) is 14.7 Å². The summed E-state index contributed by atoms with van der Waals surface area (Å²) in [5, 5.41) is 20.7. The summed E-state index contributed by atoms with van der Waals surface area (Å²) in [5.74, 6) is -0.962. The second kappa shape index (κ2) is 6.33. The monoisotopic (exact) mass is 322 g/mol. The van der Waals surface area contributed by atoms with Crippen LogP contribution in [0.4, 0.5) is 11.4 Å². The number of hydrogen-bond acceptors (Lipinski definition) is 4. The van der Waals surface area contributed by atoms with E-state index in [2.05, 4.69) is 20.5 Å². The molecule has 120 valence electrons. The number of hydrogen-bond donors (Lipinski definition) is 3. The molecule has 0 aliphatic heterocycles. The van der Waals surface area contributed by atoms with Gasteiger partial charge in [-0.05, 0) is 24.3 Å². The largest absolute Gasteiger partial charge is 0.493 e. The van der Waals surface area contributed by atoms with Crippen LogP contribution in [-0.2, 0) is 4.79 Å². The van der Waals surface area contributed by atoms with Crippen LogP contribution >= 0.6 is 0 Å². The highest BCUT2D eigenvalue weighted by molar-refractivity contribution is 5.98. The minimum Gasteiger partial charge on any atom is -0.493 e. The van der Waals surface area contributed by atoms with Crippen LogP contribution in [0.25, 0.3) is 10.9 Å². The van der Waals surface area contributed by atoms with Crippen molar-refractivity contribution in [2.75, 3.05) is 5.32 Å². The van der Waals surface area contributed by atoms with E-state index >= 15 is 0 Å². The van der Waals surface area contributed by atoms with Gasteiger partial charge >= 0.3 is 0 Å². The second-order valence-electron chi connectivity index (χ2n) is 5.13. The van der Waals surface area contributed by atoms with Gasteiger partial charge in [-0.15, -0.1) is 10.2 Å². The molecule has 0 atom stereocenters. The molecule has 24 heavy (non-hydrogen) atoms. The summed E-state index contributed by atoms with van der Waals surface area (Å²) in [7, 11) is 0. The van der Waals surface area contributed by atoms with E-state index in [1.165, 1.54) is 13.0 Å². The molecular formula is C17H14N4O3. The Kier molecular flexibility index (Phi) is 4.07. The molecule has 0 saturated heterocycles. The molecule has 3 N–H and O–H groups in total. The highest BCUT2D eigenvalue weighted by atomic mass is 16.3. The Labute approximate surface area is 137 Å². The van der Waals surface area contributed by atoms with Crippen molar-refractivity contribution in [1.82, 2.24) is 4.98 Å². The lowest BCUT2D eigenvalue weighted by Gasteiger charge is -2.02. The van der Waals surface area contributed by atoms with E-state index in [-0.39, 0.29) is 23.0 Å².